The molecule has 0 aromatic heterocycles. The Hall–Kier alpha value is -3.49. The van der Waals surface area contributed by atoms with Crippen molar-refractivity contribution in [3.05, 3.63) is 58.0 Å². The SMILES string of the molecule is CCN(CC)CCNC(=NC)/C(=C/c1ccc(Oc2ccc(C(F)(F)F)cc2C#N)c(OC)c1)SC=O. The number of hydrogen-bond acceptors (Lipinski definition) is 7. The molecule has 2 aromatic rings. The second kappa shape index (κ2) is 14.3. The van der Waals surface area contributed by atoms with Gasteiger partial charge in [-0.2, -0.15) is 18.4 Å². The van der Waals surface area contributed by atoms with Gasteiger partial charge in [0, 0.05) is 20.1 Å². The number of ether oxygens (including phenoxy) is 2. The average molecular weight is 535 g/mol. The molecule has 11 heteroatoms. The fourth-order valence-corrected chi connectivity index (χ4v) is 3.95. The molecular formula is C26H29F3N4O3S. The summed E-state index contributed by atoms with van der Waals surface area (Å²) in [5.41, 5.74) is 0.188. The normalized spacial score (nSPS) is 12.3. The number of hydrogen-bond donors (Lipinski definition) is 1. The van der Waals surface area contributed by atoms with Crippen LogP contribution < -0.4 is 14.8 Å². The van der Waals surface area contributed by atoms with Gasteiger partial charge in [0.1, 0.15) is 17.7 Å². The molecule has 0 amide bonds. The van der Waals surface area contributed by atoms with Crippen molar-refractivity contribution >= 4 is 29.3 Å². The number of carbonyl (C=O) groups excluding carboxylic acids is 1. The number of likely N-dealkylation sites (N-methyl/N-ethyl adjacent to an activating group) is 1. The van der Waals surface area contributed by atoms with Crippen LogP contribution in [0.15, 0.2) is 46.3 Å². The first-order chi connectivity index (χ1) is 17.7. The lowest BCUT2D eigenvalue weighted by molar-refractivity contribution is -0.137. The van der Waals surface area contributed by atoms with E-state index in [4.69, 9.17) is 9.47 Å². The van der Waals surface area contributed by atoms with E-state index in [1.54, 1.807) is 37.4 Å². The molecule has 0 fully saturated rings. The summed E-state index contributed by atoms with van der Waals surface area (Å²) in [6, 6.07) is 9.34. The summed E-state index contributed by atoms with van der Waals surface area (Å²) in [6.07, 6.45) is -2.81. The van der Waals surface area contributed by atoms with Crippen LogP contribution in [0.4, 0.5) is 13.2 Å². The molecule has 0 aliphatic rings. The zero-order chi connectivity index (χ0) is 27.4. The van der Waals surface area contributed by atoms with E-state index in [0.29, 0.717) is 28.5 Å². The van der Waals surface area contributed by atoms with Crippen molar-refractivity contribution in [1.82, 2.24) is 10.2 Å². The van der Waals surface area contributed by atoms with Crippen LogP contribution in [-0.2, 0) is 11.0 Å². The molecule has 0 aliphatic carbocycles. The van der Waals surface area contributed by atoms with E-state index in [9.17, 15) is 23.2 Å². The van der Waals surface area contributed by atoms with E-state index < -0.39 is 11.7 Å². The first kappa shape index (κ1) is 29.7. The smallest absolute Gasteiger partial charge is 0.416 e. The lowest BCUT2D eigenvalue weighted by Crippen LogP contribution is -2.35. The lowest BCUT2D eigenvalue weighted by atomic mass is 10.1. The van der Waals surface area contributed by atoms with Crippen LogP contribution >= 0.6 is 11.8 Å². The predicted octanol–water partition coefficient (Wildman–Crippen LogP) is 5.60. The van der Waals surface area contributed by atoms with Gasteiger partial charge in [0.25, 0.3) is 0 Å². The summed E-state index contributed by atoms with van der Waals surface area (Å²) in [7, 11) is 3.05. The first-order valence-corrected chi connectivity index (χ1v) is 12.3. The van der Waals surface area contributed by atoms with Crippen LogP contribution in [0.2, 0.25) is 0 Å². The number of nitrogens with zero attached hydrogens (tertiary/aromatic N) is 3. The van der Waals surface area contributed by atoms with Crippen molar-refractivity contribution in [3.8, 4) is 23.3 Å². The Morgan fingerprint density at radius 2 is 1.86 bits per heavy atom. The molecule has 0 saturated carbocycles. The number of aliphatic imine (C=N–C) groups is 1. The molecule has 7 nitrogen and oxygen atoms in total. The molecule has 0 aliphatic heterocycles. The third-order valence-corrected chi connectivity index (χ3v) is 6.04. The summed E-state index contributed by atoms with van der Waals surface area (Å²) >= 11 is 0.976. The molecule has 1 N–H and O–H groups in total. The Kier molecular flexibility index (Phi) is 11.5. The number of nitriles is 1. The average Bonchev–Trinajstić information content (AvgIpc) is 2.89. The quantitative estimate of drug-likeness (QED) is 0.215. The van der Waals surface area contributed by atoms with Crippen LogP contribution in [0.1, 0.15) is 30.5 Å². The monoisotopic (exact) mass is 534 g/mol. The van der Waals surface area contributed by atoms with Crippen molar-refractivity contribution in [1.29, 1.82) is 5.26 Å². The maximum absolute atomic E-state index is 13.0. The Morgan fingerprint density at radius 3 is 2.43 bits per heavy atom. The fourth-order valence-electron chi connectivity index (χ4n) is 3.37. The molecule has 2 aromatic carbocycles. The Bertz CT molecular complexity index is 1170. The van der Waals surface area contributed by atoms with E-state index in [-0.39, 0.29) is 22.8 Å². The summed E-state index contributed by atoms with van der Waals surface area (Å²) < 4.78 is 50.1. The topological polar surface area (TPSA) is 86.9 Å². The third kappa shape index (κ3) is 8.55. The van der Waals surface area contributed by atoms with Crippen molar-refractivity contribution in [2.75, 3.05) is 40.3 Å². The number of rotatable bonds is 12. The molecule has 0 atom stereocenters. The van der Waals surface area contributed by atoms with Crippen molar-refractivity contribution in [2.45, 2.75) is 20.0 Å². The Labute approximate surface area is 219 Å². The summed E-state index contributed by atoms with van der Waals surface area (Å²) in [6.45, 7) is 7.50. The number of nitrogens with one attached hydrogen (secondary N) is 1. The molecular weight excluding hydrogens is 505 g/mol. The zero-order valence-corrected chi connectivity index (χ0v) is 21.9. The minimum absolute atomic E-state index is 0.0351. The van der Waals surface area contributed by atoms with E-state index in [0.717, 1.165) is 49.6 Å². The van der Waals surface area contributed by atoms with Gasteiger partial charge in [-0.3, -0.25) is 9.79 Å². The van der Waals surface area contributed by atoms with Crippen LogP contribution in [0.5, 0.6) is 17.2 Å². The van der Waals surface area contributed by atoms with E-state index in [2.05, 4.69) is 29.1 Å². The number of halogens is 3. The third-order valence-electron chi connectivity index (χ3n) is 5.38. The molecule has 0 bridgehead atoms. The van der Waals surface area contributed by atoms with E-state index in [1.165, 1.54) is 7.11 Å². The van der Waals surface area contributed by atoms with E-state index in [1.807, 2.05) is 0 Å². The summed E-state index contributed by atoms with van der Waals surface area (Å²) in [5.74, 6) is 1.03. The zero-order valence-electron chi connectivity index (χ0n) is 21.1. The maximum atomic E-state index is 13.0. The number of benzene rings is 2. The number of methoxy groups -OCH3 is 1. The highest BCUT2D eigenvalue weighted by molar-refractivity contribution is 8.16. The van der Waals surface area contributed by atoms with E-state index >= 15 is 0 Å². The van der Waals surface area contributed by atoms with Crippen LogP contribution in [0, 0.1) is 11.3 Å². The van der Waals surface area contributed by atoms with Gasteiger partial charge >= 0.3 is 6.18 Å². The standard InChI is InChI=1S/C26H29F3N4O3S/c1-5-33(6-2)12-11-32-25(31-3)24(37-17-34)14-18-7-9-22(23(13-18)35-4)36-21-10-8-20(26(27,28)29)15-19(21)16-30/h7-10,13-15,17H,5-6,11-12H2,1-4H3,(H,31,32)/b24-14-. The predicted molar refractivity (Wildman–Crippen MR) is 141 cm³/mol. The summed E-state index contributed by atoms with van der Waals surface area (Å²) in [5, 5.41) is 12.6. The van der Waals surface area contributed by atoms with Crippen molar-refractivity contribution in [2.24, 2.45) is 4.99 Å². The largest absolute Gasteiger partial charge is 0.493 e. The molecule has 0 saturated heterocycles. The van der Waals surface area contributed by atoms with Gasteiger partial charge in [0.2, 0.25) is 0 Å². The minimum atomic E-state index is -4.58. The molecule has 2 rings (SSSR count). The van der Waals surface area contributed by atoms with Gasteiger partial charge in [-0.05, 0) is 55.1 Å². The highest BCUT2D eigenvalue weighted by Crippen LogP contribution is 2.37. The van der Waals surface area contributed by atoms with Gasteiger partial charge in [-0.15, -0.1) is 0 Å². The van der Waals surface area contributed by atoms with Gasteiger partial charge in [0.05, 0.1) is 23.1 Å². The Balaban J connectivity index is 2.31. The molecule has 0 heterocycles. The first-order valence-electron chi connectivity index (χ1n) is 11.4. The number of alkyl halides is 3. The van der Waals surface area contributed by atoms with Gasteiger partial charge in [-0.25, -0.2) is 0 Å². The number of carbonyl (C=O) groups is 1. The molecule has 198 valence electrons. The summed E-state index contributed by atoms with van der Waals surface area (Å²) in [4.78, 5) is 18.5. The molecule has 0 radical (unpaired) electrons. The van der Waals surface area contributed by atoms with Crippen LogP contribution in [-0.4, -0.2) is 56.7 Å². The van der Waals surface area contributed by atoms with Crippen molar-refractivity contribution < 1.29 is 27.4 Å². The Morgan fingerprint density at radius 1 is 1.16 bits per heavy atom. The number of thioether (sulfide) groups is 1. The molecule has 0 unspecified atom stereocenters. The highest BCUT2D eigenvalue weighted by Gasteiger charge is 2.31. The molecule has 0 spiro atoms. The second-order valence-corrected chi connectivity index (χ2v) is 8.45. The van der Waals surface area contributed by atoms with Crippen LogP contribution in [0.25, 0.3) is 6.08 Å². The maximum Gasteiger partial charge on any atom is 0.416 e. The fraction of sp³-hybridized carbons (Fsp3) is 0.346. The van der Waals surface area contributed by atoms with Crippen molar-refractivity contribution in [3.63, 3.8) is 0 Å². The van der Waals surface area contributed by atoms with Gasteiger partial charge in [0.15, 0.2) is 17.1 Å². The lowest BCUT2D eigenvalue weighted by Gasteiger charge is -2.19. The molecule has 37 heavy (non-hydrogen) atoms. The van der Waals surface area contributed by atoms with Gasteiger partial charge < -0.3 is 19.7 Å². The second-order valence-electron chi connectivity index (χ2n) is 7.58. The minimum Gasteiger partial charge on any atom is -0.493 e. The number of amidine groups is 1. The highest BCUT2D eigenvalue weighted by atomic mass is 32.2. The van der Waals surface area contributed by atoms with Gasteiger partial charge in [-0.1, -0.05) is 31.7 Å². The van der Waals surface area contributed by atoms with Crippen LogP contribution in [0.3, 0.4) is 0 Å².